The second-order valence-corrected chi connectivity index (χ2v) is 16.2. The molecule has 4 fully saturated rings. The van der Waals surface area contributed by atoms with Crippen molar-refractivity contribution in [2.24, 2.45) is 39.9 Å². The third-order valence-corrected chi connectivity index (χ3v) is 11.8. The van der Waals surface area contributed by atoms with Crippen LogP contribution in [0.2, 0.25) is 0 Å². The average molecular weight is 600 g/mol. The summed E-state index contributed by atoms with van der Waals surface area (Å²) >= 11 is 0. The quantitative estimate of drug-likeness (QED) is 0.424. The van der Waals surface area contributed by atoms with Crippen LogP contribution in [0.4, 0.5) is 4.79 Å². The molecule has 43 heavy (non-hydrogen) atoms. The lowest BCUT2D eigenvalue weighted by atomic mass is 9.37. The highest BCUT2D eigenvalue weighted by atomic mass is 16.6. The molecule has 3 aliphatic carbocycles. The minimum Gasteiger partial charge on any atom is -0.481 e. The Kier molecular flexibility index (Phi) is 7.59. The molecule has 2 bridgehead atoms. The zero-order valence-electron chi connectivity index (χ0n) is 27.1. The Bertz CT molecular complexity index is 1280. The lowest BCUT2D eigenvalue weighted by Crippen LogP contribution is -2.67. The summed E-state index contributed by atoms with van der Waals surface area (Å²) < 4.78 is 12.3. The molecule has 2 aliphatic heterocycles. The predicted molar refractivity (Wildman–Crippen MR) is 158 cm³/mol. The van der Waals surface area contributed by atoms with Crippen molar-refractivity contribution in [1.82, 2.24) is 4.90 Å². The Balaban J connectivity index is 1.53. The monoisotopic (exact) mass is 599 g/mol. The Morgan fingerprint density at radius 3 is 2.42 bits per heavy atom. The summed E-state index contributed by atoms with van der Waals surface area (Å²) in [4.78, 5) is 69.3. The van der Waals surface area contributed by atoms with Gasteiger partial charge in [0.15, 0.2) is 5.78 Å². The molecule has 9 atom stereocenters. The van der Waals surface area contributed by atoms with Crippen molar-refractivity contribution in [3.63, 3.8) is 0 Å². The van der Waals surface area contributed by atoms with Gasteiger partial charge in [-0.25, -0.2) is 4.79 Å². The van der Waals surface area contributed by atoms with Crippen LogP contribution in [0.25, 0.3) is 0 Å². The van der Waals surface area contributed by atoms with Gasteiger partial charge in [0.25, 0.3) is 0 Å². The molecule has 5 aliphatic rings. The molecule has 0 radical (unpaired) electrons. The standard InChI is InChI=1S/C34H49NO8/c1-19-12-23-22(24(36)13-19)14-25(37)28-31(23,6)16-26(38)32(7,33(28,8)17-27(39)40)9-10-34-15-20(2)11-21(42-34)18-35(34)29(41)43-30(3,4)5/h13,20-23,28H,9-12,14-18H2,1-8H3,(H,39,40)/t20-,21+,22-,23+,28-,31-,32+,33-,34-/m0/s1. The normalized spacial score (nSPS) is 42.7. The van der Waals surface area contributed by atoms with Crippen LogP contribution in [0.1, 0.15) is 107 Å². The van der Waals surface area contributed by atoms with Crippen LogP contribution < -0.4 is 0 Å². The summed E-state index contributed by atoms with van der Waals surface area (Å²) in [6.07, 6.45) is 3.48. The van der Waals surface area contributed by atoms with Crippen molar-refractivity contribution in [2.45, 2.75) is 124 Å². The predicted octanol–water partition coefficient (Wildman–Crippen LogP) is 5.74. The first-order valence-electron chi connectivity index (χ1n) is 15.9. The topological polar surface area (TPSA) is 127 Å². The number of fused-ring (bicyclic) bond motifs is 5. The summed E-state index contributed by atoms with van der Waals surface area (Å²) in [5.41, 5.74) is -3.93. The number of allylic oxidation sites excluding steroid dienone is 2. The molecule has 0 aromatic rings. The van der Waals surface area contributed by atoms with Crippen LogP contribution >= 0.6 is 0 Å². The van der Waals surface area contributed by atoms with E-state index in [9.17, 15) is 29.1 Å². The Morgan fingerprint density at radius 2 is 1.79 bits per heavy atom. The van der Waals surface area contributed by atoms with Crippen molar-refractivity contribution in [3.05, 3.63) is 11.6 Å². The van der Waals surface area contributed by atoms with E-state index in [0.29, 0.717) is 25.8 Å². The van der Waals surface area contributed by atoms with Crippen molar-refractivity contribution in [3.8, 4) is 0 Å². The number of Topliss-reactive ketones (excluding diaryl/α,β-unsaturated/α-hetero) is 2. The highest BCUT2D eigenvalue weighted by molar-refractivity contribution is 6.00. The minimum absolute atomic E-state index is 0.0665. The molecule has 0 aromatic heterocycles. The third-order valence-electron chi connectivity index (χ3n) is 11.8. The van der Waals surface area contributed by atoms with E-state index < -0.39 is 51.5 Å². The zero-order chi connectivity index (χ0) is 31.9. The molecular weight excluding hydrogens is 550 g/mol. The van der Waals surface area contributed by atoms with Crippen LogP contribution in [-0.2, 0) is 28.7 Å². The van der Waals surface area contributed by atoms with Gasteiger partial charge in [-0.2, -0.15) is 0 Å². The van der Waals surface area contributed by atoms with Crippen LogP contribution in [0.15, 0.2) is 11.6 Å². The highest BCUT2D eigenvalue weighted by Gasteiger charge is 2.70. The molecule has 238 valence electrons. The minimum atomic E-state index is -1.20. The SMILES string of the molecule is CC1=CC(=O)[C@H]2CC(=O)[C@H]3[C@@](C)(CC(=O)[C@@](C)(CC[C@]45C[C@@H](C)C[C@H](CN4C(=O)OC(C)(C)C)O5)[C@@]3(C)CC(=O)O)[C@@H]2C1. The number of aliphatic carboxylic acids is 1. The molecule has 1 amide bonds. The van der Waals surface area contributed by atoms with Gasteiger partial charge in [0.05, 0.1) is 19.1 Å². The molecule has 9 nitrogen and oxygen atoms in total. The van der Waals surface area contributed by atoms with E-state index in [2.05, 4.69) is 6.92 Å². The number of ketones is 3. The molecular formula is C34H49NO8. The molecule has 2 saturated heterocycles. The average Bonchev–Trinajstić information content (AvgIpc) is 3.11. The number of carboxylic acids is 1. The van der Waals surface area contributed by atoms with E-state index in [4.69, 9.17) is 9.47 Å². The first-order valence-corrected chi connectivity index (χ1v) is 15.9. The highest BCUT2D eigenvalue weighted by Crippen LogP contribution is 2.68. The smallest absolute Gasteiger partial charge is 0.412 e. The molecule has 0 spiro atoms. The summed E-state index contributed by atoms with van der Waals surface area (Å²) in [6.45, 7) is 15.5. The second kappa shape index (κ2) is 10.2. The van der Waals surface area contributed by atoms with Gasteiger partial charge < -0.3 is 14.6 Å². The number of nitrogens with zero attached hydrogens (tertiary/aromatic N) is 1. The Labute approximate surface area is 255 Å². The van der Waals surface area contributed by atoms with Crippen molar-refractivity contribution in [2.75, 3.05) is 6.54 Å². The Hall–Kier alpha value is -2.55. The molecule has 0 aromatic carbocycles. The van der Waals surface area contributed by atoms with Gasteiger partial charge in [0.2, 0.25) is 0 Å². The summed E-state index contributed by atoms with van der Waals surface area (Å²) in [5.74, 6) is -2.42. The summed E-state index contributed by atoms with van der Waals surface area (Å²) in [5, 5.41) is 10.2. The van der Waals surface area contributed by atoms with Crippen LogP contribution in [0.5, 0.6) is 0 Å². The van der Waals surface area contributed by atoms with Crippen molar-refractivity contribution >= 4 is 29.4 Å². The number of ether oxygens (including phenoxy) is 2. The van der Waals surface area contributed by atoms with Gasteiger partial charge in [0, 0.05) is 35.5 Å². The van der Waals surface area contributed by atoms with Gasteiger partial charge in [-0.3, -0.25) is 24.1 Å². The molecule has 5 rings (SSSR count). The van der Waals surface area contributed by atoms with Crippen LogP contribution in [0, 0.1) is 39.9 Å². The Morgan fingerprint density at radius 1 is 1.12 bits per heavy atom. The van der Waals surface area contributed by atoms with Crippen molar-refractivity contribution in [1.29, 1.82) is 0 Å². The van der Waals surface area contributed by atoms with Crippen LogP contribution in [0.3, 0.4) is 0 Å². The molecule has 1 N–H and O–H groups in total. The lowest BCUT2D eigenvalue weighted by Gasteiger charge is -2.64. The first kappa shape index (κ1) is 31.9. The fourth-order valence-electron chi connectivity index (χ4n) is 9.92. The van der Waals surface area contributed by atoms with Crippen LogP contribution in [-0.4, -0.2) is 63.4 Å². The maximum absolute atomic E-state index is 14.5. The molecule has 0 unspecified atom stereocenters. The van der Waals surface area contributed by atoms with Gasteiger partial charge in [0.1, 0.15) is 22.9 Å². The number of hydrogen-bond donors (Lipinski definition) is 1. The first-order chi connectivity index (χ1) is 19.7. The largest absolute Gasteiger partial charge is 0.481 e. The van der Waals surface area contributed by atoms with Gasteiger partial charge >= 0.3 is 12.1 Å². The number of carboxylic acid groups (broad SMARTS) is 1. The molecule has 9 heteroatoms. The van der Waals surface area contributed by atoms with Gasteiger partial charge in [-0.1, -0.05) is 33.3 Å². The molecule has 2 heterocycles. The lowest BCUT2D eigenvalue weighted by molar-refractivity contribution is -0.195. The van der Waals surface area contributed by atoms with Gasteiger partial charge in [-0.15, -0.1) is 0 Å². The maximum atomic E-state index is 14.5. The number of likely N-dealkylation sites (tertiary alicyclic amines) is 1. The van der Waals surface area contributed by atoms with E-state index >= 15 is 0 Å². The summed E-state index contributed by atoms with van der Waals surface area (Å²) in [7, 11) is 0. The fraction of sp³-hybridized carbons (Fsp3) is 0.794. The number of carbonyl (C=O) groups is 5. The third kappa shape index (κ3) is 5.07. The van der Waals surface area contributed by atoms with E-state index in [1.807, 2.05) is 41.5 Å². The zero-order valence-corrected chi connectivity index (χ0v) is 27.1. The second-order valence-electron chi connectivity index (χ2n) is 16.2. The number of carbonyl (C=O) groups excluding carboxylic acids is 4. The number of amides is 1. The van der Waals surface area contributed by atoms with E-state index in [1.54, 1.807) is 17.9 Å². The van der Waals surface area contributed by atoms with E-state index in [-0.39, 0.29) is 61.0 Å². The number of rotatable bonds is 5. The summed E-state index contributed by atoms with van der Waals surface area (Å²) in [6, 6.07) is 0. The van der Waals surface area contributed by atoms with E-state index in [1.165, 1.54) is 0 Å². The molecule has 2 saturated carbocycles. The fourth-order valence-corrected chi connectivity index (χ4v) is 9.92. The number of hydrogen-bond acceptors (Lipinski definition) is 7. The van der Waals surface area contributed by atoms with Crippen molar-refractivity contribution < 1.29 is 38.6 Å². The van der Waals surface area contributed by atoms with Gasteiger partial charge in [-0.05, 0) is 83.1 Å². The van der Waals surface area contributed by atoms with E-state index in [0.717, 1.165) is 12.0 Å². The maximum Gasteiger partial charge on any atom is 0.412 e.